The summed E-state index contributed by atoms with van der Waals surface area (Å²) in [5.74, 6) is 1.21. The maximum absolute atomic E-state index is 11.8. The number of nitro groups is 1. The number of aromatic nitrogens is 1. The Balaban J connectivity index is 1.52. The van der Waals surface area contributed by atoms with Crippen molar-refractivity contribution in [2.24, 2.45) is 10.1 Å². The molecule has 8 nitrogen and oxygen atoms in total. The smallest absolute Gasteiger partial charge is 0.282 e. The van der Waals surface area contributed by atoms with Gasteiger partial charge < -0.3 is 9.47 Å². The second-order valence-corrected chi connectivity index (χ2v) is 10.2. The van der Waals surface area contributed by atoms with E-state index in [1.165, 1.54) is 29.2 Å². The second-order valence-electron chi connectivity index (χ2n) is 9.37. The van der Waals surface area contributed by atoms with Crippen LogP contribution in [0.4, 0.5) is 11.4 Å². The molecule has 1 aliphatic heterocycles. The Morgan fingerprint density at radius 3 is 2.51 bits per heavy atom. The summed E-state index contributed by atoms with van der Waals surface area (Å²) in [6.45, 7) is 4.33. The van der Waals surface area contributed by atoms with Gasteiger partial charge in [0.2, 0.25) is 11.6 Å². The van der Waals surface area contributed by atoms with Crippen molar-refractivity contribution in [1.82, 2.24) is 4.68 Å². The van der Waals surface area contributed by atoms with Crippen LogP contribution in [0, 0.1) is 10.1 Å². The van der Waals surface area contributed by atoms with Gasteiger partial charge in [0.05, 0.1) is 34.1 Å². The van der Waals surface area contributed by atoms with Gasteiger partial charge in [-0.3, -0.25) is 10.1 Å². The number of ether oxygens (including phenoxy) is 2. The standard InChI is InChI=1S/C30H24N4O4S/c1-19(2)20-10-12-23(13-11-20)32-30-33(27(17-39-30)25-9-5-7-21-6-3-4-8-24(21)25)31-16-22-14-28-29(38-18-37-28)15-26(22)34(35)36/h3-17,19H,18H2,1-2H3. The molecule has 0 radical (unpaired) electrons. The number of nitrogens with zero attached hydrogens (tertiary/aromatic N) is 4. The van der Waals surface area contributed by atoms with Crippen LogP contribution in [-0.2, 0) is 0 Å². The van der Waals surface area contributed by atoms with Crippen molar-refractivity contribution in [3.05, 3.63) is 110 Å². The topological polar surface area (TPSA) is 91.2 Å². The molecule has 1 aliphatic rings. The van der Waals surface area contributed by atoms with Crippen molar-refractivity contribution in [1.29, 1.82) is 0 Å². The Labute approximate surface area is 228 Å². The number of rotatable bonds is 6. The molecule has 0 atom stereocenters. The van der Waals surface area contributed by atoms with E-state index in [0.717, 1.165) is 27.7 Å². The number of benzene rings is 4. The van der Waals surface area contributed by atoms with Gasteiger partial charge in [-0.25, -0.2) is 9.67 Å². The molecule has 0 aliphatic carbocycles. The molecule has 5 aromatic rings. The number of hydrogen-bond donors (Lipinski definition) is 0. The lowest BCUT2D eigenvalue weighted by molar-refractivity contribution is -0.385. The highest BCUT2D eigenvalue weighted by Crippen LogP contribution is 2.37. The summed E-state index contributed by atoms with van der Waals surface area (Å²) >= 11 is 1.45. The summed E-state index contributed by atoms with van der Waals surface area (Å²) in [4.78, 5) is 16.9. The SMILES string of the molecule is CC(C)c1ccc(N=c2scc(-c3cccc4ccccc34)n2N=Cc2cc3c(cc2[N+](=O)[O-])OCO3)cc1. The molecule has 0 fully saturated rings. The van der Waals surface area contributed by atoms with Gasteiger partial charge in [-0.1, -0.05) is 68.4 Å². The monoisotopic (exact) mass is 536 g/mol. The van der Waals surface area contributed by atoms with E-state index >= 15 is 0 Å². The van der Waals surface area contributed by atoms with Gasteiger partial charge in [-0.05, 0) is 40.5 Å². The third-order valence-corrected chi connectivity index (χ3v) is 7.38. The van der Waals surface area contributed by atoms with E-state index < -0.39 is 4.92 Å². The third kappa shape index (κ3) is 4.80. The molecule has 4 aromatic carbocycles. The summed E-state index contributed by atoms with van der Waals surface area (Å²) in [5.41, 5.74) is 4.03. The van der Waals surface area contributed by atoms with Crippen LogP contribution in [0.15, 0.2) is 94.3 Å². The first-order valence-electron chi connectivity index (χ1n) is 12.4. The fourth-order valence-electron chi connectivity index (χ4n) is 4.50. The van der Waals surface area contributed by atoms with Crippen LogP contribution in [0.1, 0.15) is 30.9 Å². The molecule has 0 saturated heterocycles. The largest absolute Gasteiger partial charge is 0.454 e. The summed E-state index contributed by atoms with van der Waals surface area (Å²) in [6.07, 6.45) is 1.47. The predicted molar refractivity (Wildman–Crippen MR) is 153 cm³/mol. The van der Waals surface area contributed by atoms with Crippen molar-refractivity contribution in [2.75, 3.05) is 6.79 Å². The summed E-state index contributed by atoms with van der Waals surface area (Å²) in [7, 11) is 0. The molecule has 0 bridgehead atoms. The molecule has 0 N–H and O–H groups in total. The van der Waals surface area contributed by atoms with Crippen LogP contribution in [0.5, 0.6) is 11.5 Å². The molecule has 0 amide bonds. The van der Waals surface area contributed by atoms with Crippen molar-refractivity contribution < 1.29 is 14.4 Å². The molecule has 39 heavy (non-hydrogen) atoms. The summed E-state index contributed by atoms with van der Waals surface area (Å²) in [5, 5.41) is 20.7. The maximum Gasteiger partial charge on any atom is 0.282 e. The lowest BCUT2D eigenvalue weighted by Crippen LogP contribution is -2.12. The van der Waals surface area contributed by atoms with Gasteiger partial charge in [0, 0.05) is 10.9 Å². The van der Waals surface area contributed by atoms with Gasteiger partial charge in [-0.15, -0.1) is 11.3 Å². The Morgan fingerprint density at radius 1 is 1.00 bits per heavy atom. The van der Waals surface area contributed by atoms with E-state index in [9.17, 15) is 10.1 Å². The Kier molecular flexibility index (Phi) is 6.42. The molecule has 1 aromatic heterocycles. The molecular weight excluding hydrogens is 512 g/mol. The van der Waals surface area contributed by atoms with Crippen LogP contribution in [0.3, 0.4) is 0 Å². The highest BCUT2D eigenvalue weighted by atomic mass is 32.1. The van der Waals surface area contributed by atoms with Crippen molar-refractivity contribution in [2.45, 2.75) is 19.8 Å². The van der Waals surface area contributed by atoms with Gasteiger partial charge in [0.1, 0.15) is 0 Å². The minimum absolute atomic E-state index is 0.0240. The number of nitro benzene ring substituents is 1. The minimum Gasteiger partial charge on any atom is -0.454 e. The normalized spacial score (nSPS) is 13.2. The lowest BCUT2D eigenvalue weighted by Gasteiger charge is -2.08. The highest BCUT2D eigenvalue weighted by molar-refractivity contribution is 7.07. The average molecular weight is 537 g/mol. The van der Waals surface area contributed by atoms with Crippen LogP contribution in [-0.4, -0.2) is 22.6 Å². The second kappa shape index (κ2) is 10.2. The van der Waals surface area contributed by atoms with Crippen LogP contribution in [0.2, 0.25) is 0 Å². The summed E-state index contributed by atoms with van der Waals surface area (Å²) in [6, 6.07) is 25.3. The Bertz CT molecular complexity index is 1800. The zero-order chi connectivity index (χ0) is 26.9. The Hall–Kier alpha value is -4.76. The molecule has 0 spiro atoms. The van der Waals surface area contributed by atoms with Gasteiger partial charge in [-0.2, -0.15) is 5.10 Å². The first-order chi connectivity index (χ1) is 19.0. The highest BCUT2D eigenvalue weighted by Gasteiger charge is 2.23. The molecule has 194 valence electrons. The average Bonchev–Trinajstić information content (AvgIpc) is 3.57. The molecule has 0 unspecified atom stereocenters. The first-order valence-corrected chi connectivity index (χ1v) is 13.3. The number of thiazole rings is 1. The van der Waals surface area contributed by atoms with Crippen molar-refractivity contribution in [3.63, 3.8) is 0 Å². The molecule has 9 heteroatoms. The minimum atomic E-state index is -0.450. The van der Waals surface area contributed by atoms with E-state index in [2.05, 4.69) is 44.2 Å². The van der Waals surface area contributed by atoms with Gasteiger partial charge in [0.15, 0.2) is 11.5 Å². The van der Waals surface area contributed by atoms with Crippen molar-refractivity contribution >= 4 is 39.7 Å². The van der Waals surface area contributed by atoms with Crippen LogP contribution >= 0.6 is 11.3 Å². The van der Waals surface area contributed by atoms with Crippen molar-refractivity contribution in [3.8, 4) is 22.8 Å². The predicted octanol–water partition coefficient (Wildman–Crippen LogP) is 7.24. The van der Waals surface area contributed by atoms with E-state index in [1.54, 1.807) is 10.7 Å². The number of hydrogen-bond acceptors (Lipinski definition) is 7. The molecule has 6 rings (SSSR count). The van der Waals surface area contributed by atoms with E-state index in [4.69, 9.17) is 19.6 Å². The fraction of sp³-hybridized carbons (Fsp3) is 0.133. The zero-order valence-electron chi connectivity index (χ0n) is 21.3. The first kappa shape index (κ1) is 24.6. The quantitative estimate of drug-likeness (QED) is 0.130. The van der Waals surface area contributed by atoms with E-state index in [0.29, 0.717) is 27.8 Å². The Morgan fingerprint density at radius 2 is 1.74 bits per heavy atom. The van der Waals surface area contributed by atoms with E-state index in [-0.39, 0.29) is 12.5 Å². The van der Waals surface area contributed by atoms with E-state index in [1.807, 2.05) is 41.8 Å². The van der Waals surface area contributed by atoms with Crippen LogP contribution < -0.4 is 14.3 Å². The van der Waals surface area contributed by atoms with Gasteiger partial charge in [0.25, 0.3) is 5.69 Å². The third-order valence-electron chi connectivity index (χ3n) is 6.57. The number of fused-ring (bicyclic) bond motifs is 2. The lowest BCUT2D eigenvalue weighted by atomic mass is 10.0. The molecule has 0 saturated carbocycles. The molecular formula is C30H24N4O4S. The van der Waals surface area contributed by atoms with Gasteiger partial charge >= 0.3 is 0 Å². The summed E-state index contributed by atoms with van der Waals surface area (Å²) < 4.78 is 12.5. The fourth-order valence-corrected chi connectivity index (χ4v) is 5.34. The van der Waals surface area contributed by atoms with Crippen LogP contribution in [0.25, 0.3) is 22.0 Å². The zero-order valence-corrected chi connectivity index (χ0v) is 22.1. The maximum atomic E-state index is 11.8. The molecule has 2 heterocycles.